The molecule has 192 valence electrons. The van der Waals surface area contributed by atoms with E-state index in [9.17, 15) is 0 Å². The van der Waals surface area contributed by atoms with Crippen molar-refractivity contribution >= 4 is 48.9 Å². The molecule has 1 aromatic heterocycles. The van der Waals surface area contributed by atoms with Gasteiger partial charge < -0.3 is 4.57 Å². The molecule has 0 radical (unpaired) electrons. The zero-order valence-corrected chi connectivity index (χ0v) is 23.0. The molecule has 0 amide bonds. The van der Waals surface area contributed by atoms with E-state index in [0.717, 1.165) is 22.4 Å². The number of nitrogens with zero attached hydrogens (tertiary/aromatic N) is 2. The third-order valence-electron chi connectivity index (χ3n) is 8.05. The van der Waals surface area contributed by atoms with Crippen molar-refractivity contribution in [3.05, 3.63) is 133 Å². The summed E-state index contributed by atoms with van der Waals surface area (Å²) in [6, 6.07) is 39.8. The molecule has 0 fully saturated rings. The van der Waals surface area contributed by atoms with Crippen LogP contribution in [0.4, 0.5) is 0 Å². The normalized spacial score (nSPS) is 12.4. The van der Waals surface area contributed by atoms with E-state index in [1.807, 2.05) is 6.92 Å². The summed E-state index contributed by atoms with van der Waals surface area (Å²) in [4.78, 5) is 5.09. The Balaban J connectivity index is 1.52. The number of allylic oxidation sites excluding steroid dienone is 4. The molecule has 7 aromatic rings. The number of fused-ring (bicyclic) bond motifs is 4. The SMILES string of the molecule is C/C=C\C(=C/C)c1nc2cc(-c3c4ccccc4c(-c4ccc5ccccc5c4)c4ccccc34)ccc2n1C. The van der Waals surface area contributed by atoms with Gasteiger partial charge in [0.2, 0.25) is 0 Å². The van der Waals surface area contributed by atoms with Crippen LogP contribution < -0.4 is 0 Å². The lowest BCUT2D eigenvalue weighted by Gasteiger charge is -2.18. The Morgan fingerprint density at radius 3 is 1.77 bits per heavy atom. The van der Waals surface area contributed by atoms with Crippen molar-refractivity contribution in [2.24, 2.45) is 7.05 Å². The van der Waals surface area contributed by atoms with Crippen LogP contribution >= 0.6 is 0 Å². The summed E-state index contributed by atoms with van der Waals surface area (Å²) in [5.74, 6) is 0.981. The lowest BCUT2D eigenvalue weighted by Crippen LogP contribution is -1.95. The topological polar surface area (TPSA) is 17.8 Å². The van der Waals surface area contributed by atoms with Crippen molar-refractivity contribution in [3.8, 4) is 22.3 Å². The van der Waals surface area contributed by atoms with E-state index in [1.165, 1.54) is 54.6 Å². The maximum Gasteiger partial charge on any atom is 0.140 e. The fourth-order valence-corrected chi connectivity index (χ4v) is 6.19. The van der Waals surface area contributed by atoms with E-state index in [-0.39, 0.29) is 0 Å². The first-order valence-electron chi connectivity index (χ1n) is 13.9. The molecular weight excluding hydrogens is 484 g/mol. The van der Waals surface area contributed by atoms with Crippen LogP contribution in [-0.2, 0) is 7.05 Å². The Morgan fingerprint density at radius 2 is 1.18 bits per heavy atom. The minimum Gasteiger partial charge on any atom is -0.327 e. The highest BCUT2D eigenvalue weighted by Gasteiger charge is 2.18. The Bertz CT molecular complexity index is 2080. The zero-order valence-electron chi connectivity index (χ0n) is 23.0. The van der Waals surface area contributed by atoms with Crippen molar-refractivity contribution in [2.75, 3.05) is 0 Å². The van der Waals surface area contributed by atoms with Gasteiger partial charge in [-0.1, -0.05) is 109 Å². The number of aromatic nitrogens is 2. The summed E-state index contributed by atoms with van der Waals surface area (Å²) in [5.41, 5.74) is 8.22. The van der Waals surface area contributed by atoms with Crippen molar-refractivity contribution in [3.63, 3.8) is 0 Å². The third-order valence-corrected chi connectivity index (χ3v) is 8.05. The van der Waals surface area contributed by atoms with Crippen LogP contribution in [0.1, 0.15) is 19.7 Å². The molecule has 0 bridgehead atoms. The Kier molecular flexibility index (Phi) is 5.82. The van der Waals surface area contributed by atoms with Gasteiger partial charge in [-0.15, -0.1) is 0 Å². The highest BCUT2D eigenvalue weighted by molar-refractivity contribution is 6.22. The molecule has 0 spiro atoms. The monoisotopic (exact) mass is 514 g/mol. The molecule has 0 N–H and O–H groups in total. The molecule has 0 saturated carbocycles. The number of imidazole rings is 1. The van der Waals surface area contributed by atoms with Gasteiger partial charge in [-0.3, -0.25) is 0 Å². The van der Waals surface area contributed by atoms with Gasteiger partial charge in [-0.25, -0.2) is 4.98 Å². The van der Waals surface area contributed by atoms with Crippen LogP contribution in [0.25, 0.3) is 71.2 Å². The predicted octanol–water partition coefficient (Wildman–Crippen LogP) is 10.3. The smallest absolute Gasteiger partial charge is 0.140 e. The molecule has 0 unspecified atom stereocenters. The lowest BCUT2D eigenvalue weighted by molar-refractivity contribution is 0.923. The molecule has 2 heteroatoms. The number of benzene rings is 6. The highest BCUT2D eigenvalue weighted by Crippen LogP contribution is 2.44. The molecule has 0 atom stereocenters. The predicted molar refractivity (Wildman–Crippen MR) is 173 cm³/mol. The minimum atomic E-state index is 0.981. The second-order valence-electron chi connectivity index (χ2n) is 10.3. The van der Waals surface area contributed by atoms with Crippen LogP contribution in [-0.4, -0.2) is 9.55 Å². The van der Waals surface area contributed by atoms with E-state index >= 15 is 0 Å². The van der Waals surface area contributed by atoms with Gasteiger partial charge in [0.05, 0.1) is 11.0 Å². The Labute approximate surface area is 234 Å². The van der Waals surface area contributed by atoms with E-state index < -0.39 is 0 Å². The molecule has 6 aromatic carbocycles. The van der Waals surface area contributed by atoms with Crippen LogP contribution in [0, 0.1) is 0 Å². The quantitative estimate of drug-likeness (QED) is 0.169. The maximum atomic E-state index is 5.09. The molecule has 2 nitrogen and oxygen atoms in total. The Morgan fingerprint density at radius 1 is 0.625 bits per heavy atom. The first kappa shape index (κ1) is 24.1. The first-order valence-corrected chi connectivity index (χ1v) is 13.9. The van der Waals surface area contributed by atoms with Gasteiger partial charge in [0.15, 0.2) is 0 Å². The summed E-state index contributed by atoms with van der Waals surface area (Å²) in [6.45, 7) is 4.11. The largest absolute Gasteiger partial charge is 0.327 e. The van der Waals surface area contributed by atoms with E-state index in [4.69, 9.17) is 4.98 Å². The lowest BCUT2D eigenvalue weighted by atomic mass is 9.85. The number of hydrogen-bond donors (Lipinski definition) is 0. The molecule has 7 rings (SSSR count). The van der Waals surface area contributed by atoms with Crippen LogP contribution in [0.15, 0.2) is 127 Å². The van der Waals surface area contributed by atoms with E-state index in [1.54, 1.807) is 0 Å². The molecule has 0 aliphatic rings. The molecular formula is C38H30N2. The van der Waals surface area contributed by atoms with Crippen LogP contribution in [0.3, 0.4) is 0 Å². The van der Waals surface area contributed by atoms with Gasteiger partial charge in [-0.2, -0.15) is 0 Å². The number of aryl methyl sites for hydroxylation is 1. The summed E-state index contributed by atoms with van der Waals surface area (Å²) >= 11 is 0. The summed E-state index contributed by atoms with van der Waals surface area (Å²) in [5, 5.41) is 7.54. The molecule has 0 saturated heterocycles. The Hall–Kier alpha value is -4.95. The fourth-order valence-electron chi connectivity index (χ4n) is 6.19. The van der Waals surface area contributed by atoms with Crippen molar-refractivity contribution in [1.29, 1.82) is 0 Å². The van der Waals surface area contributed by atoms with Crippen LogP contribution in [0.5, 0.6) is 0 Å². The molecule has 0 aliphatic carbocycles. The van der Waals surface area contributed by atoms with E-state index in [2.05, 4.69) is 146 Å². The van der Waals surface area contributed by atoms with Crippen molar-refractivity contribution in [2.45, 2.75) is 13.8 Å². The van der Waals surface area contributed by atoms with Gasteiger partial charge in [-0.05, 0) is 86.6 Å². The average Bonchev–Trinajstić information content (AvgIpc) is 3.33. The zero-order chi connectivity index (χ0) is 27.2. The minimum absolute atomic E-state index is 0.981. The summed E-state index contributed by atoms with van der Waals surface area (Å²) in [6.07, 6.45) is 6.30. The van der Waals surface area contributed by atoms with E-state index in [0.29, 0.717) is 0 Å². The second-order valence-corrected chi connectivity index (χ2v) is 10.3. The van der Waals surface area contributed by atoms with Gasteiger partial charge in [0.25, 0.3) is 0 Å². The summed E-state index contributed by atoms with van der Waals surface area (Å²) in [7, 11) is 2.10. The molecule has 40 heavy (non-hydrogen) atoms. The molecule has 0 aliphatic heterocycles. The van der Waals surface area contributed by atoms with Crippen molar-refractivity contribution in [1.82, 2.24) is 9.55 Å². The van der Waals surface area contributed by atoms with Gasteiger partial charge in [0.1, 0.15) is 5.82 Å². The fraction of sp³-hybridized carbons (Fsp3) is 0.0789. The number of hydrogen-bond acceptors (Lipinski definition) is 1. The van der Waals surface area contributed by atoms with Crippen molar-refractivity contribution < 1.29 is 0 Å². The molecule has 1 heterocycles. The first-order chi connectivity index (χ1) is 19.7. The highest BCUT2D eigenvalue weighted by atomic mass is 15.1. The second kappa shape index (κ2) is 9.66. The standard InChI is InChI=1S/C38H30N2/c1-4-12-25(5-2)38-39-34-24-29(21-22-35(34)40(38)3)37-32-17-10-8-15-30(32)36(31-16-9-11-18-33(31)37)28-20-19-26-13-6-7-14-27(26)23-28/h4-24H,1-3H3/b12-4-,25-5+. The van der Waals surface area contributed by atoms with Gasteiger partial charge >= 0.3 is 0 Å². The summed E-state index contributed by atoms with van der Waals surface area (Å²) < 4.78 is 2.19. The van der Waals surface area contributed by atoms with Crippen LogP contribution in [0.2, 0.25) is 0 Å². The third kappa shape index (κ3) is 3.76. The average molecular weight is 515 g/mol. The van der Waals surface area contributed by atoms with Gasteiger partial charge in [0, 0.05) is 12.6 Å². The number of rotatable bonds is 4. The maximum absolute atomic E-state index is 5.09.